The molecule has 0 radical (unpaired) electrons. The first-order valence-corrected chi connectivity index (χ1v) is 12.4. The molecule has 0 unspecified atom stereocenters. The predicted octanol–water partition coefficient (Wildman–Crippen LogP) is 3.03. The van der Waals surface area contributed by atoms with Crippen LogP contribution in [0.4, 0.5) is 0 Å². The highest BCUT2D eigenvalue weighted by Gasteiger charge is 2.36. The number of carbonyl (C=O) groups excluding carboxylic acids is 3. The number of sulfonamides is 1. The van der Waals surface area contributed by atoms with Crippen molar-refractivity contribution in [2.75, 3.05) is 7.05 Å². The minimum atomic E-state index is -3.59. The van der Waals surface area contributed by atoms with Crippen LogP contribution in [0.3, 0.4) is 0 Å². The smallest absolute Gasteiger partial charge is 0.261 e. The third-order valence-electron chi connectivity index (χ3n) is 5.91. The maximum Gasteiger partial charge on any atom is 0.261 e. The molecule has 0 aliphatic carbocycles. The van der Waals surface area contributed by atoms with Crippen LogP contribution in [0.25, 0.3) is 0 Å². The summed E-state index contributed by atoms with van der Waals surface area (Å²) >= 11 is 0. The van der Waals surface area contributed by atoms with Crippen molar-refractivity contribution in [3.05, 3.63) is 88.9 Å². The normalized spacial score (nSPS) is 13.6. The van der Waals surface area contributed by atoms with Crippen molar-refractivity contribution >= 4 is 27.7 Å². The number of furan rings is 1. The lowest BCUT2D eigenvalue weighted by atomic mass is 10.1. The lowest BCUT2D eigenvalue weighted by Gasteiger charge is -2.21. The van der Waals surface area contributed by atoms with Gasteiger partial charge in [0, 0.05) is 25.2 Å². The van der Waals surface area contributed by atoms with Gasteiger partial charge in [-0.3, -0.25) is 19.3 Å². The van der Waals surface area contributed by atoms with Crippen LogP contribution in [0.2, 0.25) is 0 Å². The van der Waals surface area contributed by atoms with E-state index < -0.39 is 27.7 Å². The van der Waals surface area contributed by atoms with Gasteiger partial charge in [-0.25, -0.2) is 8.42 Å². The van der Waals surface area contributed by atoms with E-state index in [2.05, 4.69) is 5.32 Å². The van der Waals surface area contributed by atoms with Crippen LogP contribution < -0.4 is 5.32 Å². The molecule has 1 N–H and O–H groups in total. The van der Waals surface area contributed by atoms with Gasteiger partial charge in [-0.2, -0.15) is 4.31 Å². The topological polar surface area (TPSA) is 117 Å². The van der Waals surface area contributed by atoms with Crippen LogP contribution in [0.1, 0.15) is 56.2 Å². The van der Waals surface area contributed by atoms with Crippen LogP contribution in [0, 0.1) is 0 Å². The van der Waals surface area contributed by atoms with E-state index in [-0.39, 0.29) is 40.7 Å². The van der Waals surface area contributed by atoms with E-state index in [0.29, 0.717) is 11.3 Å². The number of amides is 3. The fourth-order valence-corrected chi connectivity index (χ4v) is 5.01. The summed E-state index contributed by atoms with van der Waals surface area (Å²) in [4.78, 5) is 39.3. The zero-order valence-electron chi connectivity index (χ0n) is 19.5. The number of benzene rings is 2. The van der Waals surface area contributed by atoms with Crippen molar-refractivity contribution in [2.24, 2.45) is 0 Å². The maximum absolute atomic E-state index is 12.8. The molecule has 3 aromatic rings. The molecule has 2 heterocycles. The Morgan fingerprint density at radius 1 is 1.03 bits per heavy atom. The molecule has 0 spiro atoms. The first-order chi connectivity index (χ1) is 16.6. The molecule has 1 aliphatic rings. The molecule has 1 aromatic heterocycles. The van der Waals surface area contributed by atoms with Crippen LogP contribution >= 0.6 is 0 Å². The van der Waals surface area contributed by atoms with Crippen molar-refractivity contribution < 1.29 is 27.2 Å². The van der Waals surface area contributed by atoms with Gasteiger partial charge < -0.3 is 9.73 Å². The molecule has 0 bridgehead atoms. The monoisotopic (exact) mass is 495 g/mol. The number of nitrogens with one attached hydrogen (secondary N) is 1. The summed E-state index contributed by atoms with van der Waals surface area (Å²) in [5.74, 6) is -0.869. The fourth-order valence-electron chi connectivity index (χ4n) is 3.64. The van der Waals surface area contributed by atoms with E-state index in [1.807, 2.05) is 0 Å². The molecule has 4 rings (SSSR count). The molecule has 9 nitrogen and oxygen atoms in total. The minimum Gasteiger partial charge on any atom is -0.467 e. The van der Waals surface area contributed by atoms with Gasteiger partial charge in [0.05, 0.1) is 28.8 Å². The average molecular weight is 496 g/mol. The summed E-state index contributed by atoms with van der Waals surface area (Å²) in [6, 6.07) is 13.8. The Morgan fingerprint density at radius 2 is 1.71 bits per heavy atom. The van der Waals surface area contributed by atoms with Crippen molar-refractivity contribution in [1.29, 1.82) is 0 Å². The standard InChI is InChI=1S/C25H25N3O6S/c1-16(2)27(3)35(32,33)20-9-6-17(7-10-20)14-26-23(29)18-8-11-21-22(13-18)25(31)28(24(21)30)15-19-5-4-12-34-19/h4-13,16H,14-15H2,1-3H3,(H,26,29). The highest BCUT2D eigenvalue weighted by Crippen LogP contribution is 2.26. The Labute approximate surface area is 203 Å². The molecular weight excluding hydrogens is 470 g/mol. The SMILES string of the molecule is CC(C)N(C)S(=O)(=O)c1ccc(CNC(=O)c2ccc3c(c2)C(=O)N(Cc2ccco2)C3=O)cc1. The van der Waals surface area contributed by atoms with E-state index >= 15 is 0 Å². The number of hydrogen-bond acceptors (Lipinski definition) is 6. The number of imide groups is 1. The van der Waals surface area contributed by atoms with Crippen molar-refractivity contribution in [3.8, 4) is 0 Å². The van der Waals surface area contributed by atoms with Crippen molar-refractivity contribution in [3.63, 3.8) is 0 Å². The Balaban J connectivity index is 1.43. The summed E-state index contributed by atoms with van der Waals surface area (Å²) in [5.41, 5.74) is 1.35. The Morgan fingerprint density at radius 3 is 2.34 bits per heavy atom. The van der Waals surface area contributed by atoms with Gasteiger partial charge in [0.2, 0.25) is 10.0 Å². The Kier molecular flexibility index (Phi) is 6.60. The number of fused-ring (bicyclic) bond motifs is 1. The quantitative estimate of drug-likeness (QED) is 0.480. The number of rotatable bonds is 8. The zero-order chi connectivity index (χ0) is 25.3. The molecule has 0 saturated carbocycles. The molecule has 0 atom stereocenters. The molecule has 3 amide bonds. The van der Waals surface area contributed by atoms with Gasteiger partial charge in [0.15, 0.2) is 0 Å². The average Bonchev–Trinajstić information content (AvgIpc) is 3.45. The highest BCUT2D eigenvalue weighted by molar-refractivity contribution is 7.89. The minimum absolute atomic E-state index is 0.0134. The molecule has 182 valence electrons. The Hall–Kier alpha value is -3.76. The third kappa shape index (κ3) is 4.75. The van der Waals surface area contributed by atoms with Crippen LogP contribution in [-0.4, -0.2) is 48.4 Å². The molecule has 1 aliphatic heterocycles. The number of carbonyl (C=O) groups is 3. The van der Waals surface area contributed by atoms with E-state index in [1.165, 1.54) is 47.9 Å². The number of nitrogens with zero attached hydrogens (tertiary/aromatic N) is 2. The fraction of sp³-hybridized carbons (Fsp3) is 0.240. The molecule has 0 saturated heterocycles. The van der Waals surface area contributed by atoms with E-state index in [4.69, 9.17) is 4.42 Å². The lowest BCUT2D eigenvalue weighted by molar-refractivity contribution is 0.0631. The van der Waals surface area contributed by atoms with Gasteiger partial charge in [0.1, 0.15) is 5.76 Å². The van der Waals surface area contributed by atoms with Crippen molar-refractivity contribution in [1.82, 2.24) is 14.5 Å². The first-order valence-electron chi connectivity index (χ1n) is 11.0. The van der Waals surface area contributed by atoms with Gasteiger partial charge in [0.25, 0.3) is 17.7 Å². The molecule has 35 heavy (non-hydrogen) atoms. The molecule has 2 aromatic carbocycles. The van der Waals surface area contributed by atoms with Gasteiger partial charge in [-0.15, -0.1) is 0 Å². The second-order valence-corrected chi connectivity index (χ2v) is 10.5. The molecule has 0 fully saturated rings. The Bertz CT molecular complexity index is 1380. The lowest BCUT2D eigenvalue weighted by Crippen LogP contribution is -2.33. The summed E-state index contributed by atoms with van der Waals surface area (Å²) in [7, 11) is -2.06. The first kappa shape index (κ1) is 24.4. The van der Waals surface area contributed by atoms with Gasteiger partial charge in [-0.05, 0) is 61.9 Å². The second-order valence-electron chi connectivity index (χ2n) is 8.48. The summed E-state index contributed by atoms with van der Waals surface area (Å²) in [6.07, 6.45) is 1.46. The maximum atomic E-state index is 12.8. The second kappa shape index (κ2) is 9.47. The molecule has 10 heteroatoms. The molecular formula is C25H25N3O6S. The predicted molar refractivity (Wildman–Crippen MR) is 127 cm³/mol. The van der Waals surface area contributed by atoms with E-state index in [1.54, 1.807) is 38.1 Å². The van der Waals surface area contributed by atoms with E-state index in [9.17, 15) is 22.8 Å². The number of hydrogen-bond donors (Lipinski definition) is 1. The van der Waals surface area contributed by atoms with Crippen LogP contribution in [0.5, 0.6) is 0 Å². The van der Waals surface area contributed by atoms with Gasteiger partial charge in [-0.1, -0.05) is 12.1 Å². The van der Waals surface area contributed by atoms with E-state index in [0.717, 1.165) is 4.90 Å². The summed E-state index contributed by atoms with van der Waals surface area (Å²) < 4.78 is 31.7. The van der Waals surface area contributed by atoms with Crippen LogP contribution in [-0.2, 0) is 23.1 Å². The van der Waals surface area contributed by atoms with Gasteiger partial charge >= 0.3 is 0 Å². The zero-order valence-corrected chi connectivity index (χ0v) is 20.3. The highest BCUT2D eigenvalue weighted by atomic mass is 32.2. The largest absolute Gasteiger partial charge is 0.467 e. The van der Waals surface area contributed by atoms with Crippen LogP contribution in [0.15, 0.2) is 70.2 Å². The summed E-state index contributed by atoms with van der Waals surface area (Å²) in [5, 5.41) is 2.76. The van der Waals surface area contributed by atoms with Crippen molar-refractivity contribution in [2.45, 2.75) is 37.9 Å². The third-order valence-corrected chi connectivity index (χ3v) is 7.96. The summed E-state index contributed by atoms with van der Waals surface area (Å²) in [6.45, 7) is 3.76.